The van der Waals surface area contributed by atoms with Crippen LogP contribution < -0.4 is 0 Å². The van der Waals surface area contributed by atoms with Gasteiger partial charge in [0.25, 0.3) is 5.91 Å². The molecule has 4 heteroatoms. The van der Waals surface area contributed by atoms with Gasteiger partial charge in [-0.1, -0.05) is 65.7 Å². The van der Waals surface area contributed by atoms with Crippen LogP contribution in [0.2, 0.25) is 10.0 Å². The van der Waals surface area contributed by atoms with Crippen molar-refractivity contribution in [2.24, 2.45) is 0 Å². The fraction of sp³-hybridized carbons (Fsp3) is 0.136. The molecule has 0 spiro atoms. The molecule has 0 radical (unpaired) electrons. The number of fused-ring (bicyclic) bond motifs is 1. The highest BCUT2D eigenvalue weighted by Crippen LogP contribution is 2.38. The standard InChI is InChI=1S/C22H17Cl2NO/c23-17-11-9-16(10-12-17)22(26)25-14-13-15-5-1-2-6-18(15)21(25)19-7-3-4-8-20(19)24/h1-12,21H,13-14H2. The van der Waals surface area contributed by atoms with E-state index in [2.05, 4.69) is 12.1 Å². The molecule has 1 aliphatic rings. The van der Waals surface area contributed by atoms with E-state index in [0.29, 0.717) is 22.2 Å². The highest BCUT2D eigenvalue weighted by atomic mass is 35.5. The van der Waals surface area contributed by atoms with Gasteiger partial charge in [0.2, 0.25) is 0 Å². The molecular formula is C22H17Cl2NO. The first-order valence-electron chi connectivity index (χ1n) is 8.54. The smallest absolute Gasteiger partial charge is 0.254 e. The molecule has 0 saturated heterocycles. The Morgan fingerprint density at radius 1 is 0.846 bits per heavy atom. The van der Waals surface area contributed by atoms with Crippen molar-refractivity contribution in [3.63, 3.8) is 0 Å². The fourth-order valence-corrected chi connectivity index (χ4v) is 3.94. The number of nitrogens with zero attached hydrogens (tertiary/aromatic N) is 1. The van der Waals surface area contributed by atoms with E-state index in [1.54, 1.807) is 24.3 Å². The van der Waals surface area contributed by atoms with Gasteiger partial charge in [-0.2, -0.15) is 0 Å². The highest BCUT2D eigenvalue weighted by Gasteiger charge is 2.33. The number of halogens is 2. The van der Waals surface area contributed by atoms with Crippen molar-refractivity contribution in [1.29, 1.82) is 0 Å². The van der Waals surface area contributed by atoms with Gasteiger partial charge in [-0.15, -0.1) is 0 Å². The summed E-state index contributed by atoms with van der Waals surface area (Å²) in [5, 5.41) is 1.29. The summed E-state index contributed by atoms with van der Waals surface area (Å²) in [6.45, 7) is 0.647. The maximum absolute atomic E-state index is 13.3. The first kappa shape index (κ1) is 17.1. The molecule has 26 heavy (non-hydrogen) atoms. The van der Waals surface area contributed by atoms with E-state index in [-0.39, 0.29) is 11.9 Å². The Balaban J connectivity index is 1.82. The second-order valence-electron chi connectivity index (χ2n) is 6.38. The minimum atomic E-state index is -0.197. The zero-order chi connectivity index (χ0) is 18.1. The van der Waals surface area contributed by atoms with Crippen LogP contribution in [0.4, 0.5) is 0 Å². The van der Waals surface area contributed by atoms with Crippen molar-refractivity contribution in [2.45, 2.75) is 12.5 Å². The average molecular weight is 382 g/mol. The van der Waals surface area contributed by atoms with Crippen molar-refractivity contribution in [2.75, 3.05) is 6.54 Å². The Bertz CT molecular complexity index is 952. The van der Waals surface area contributed by atoms with Crippen molar-refractivity contribution in [1.82, 2.24) is 4.90 Å². The van der Waals surface area contributed by atoms with Gasteiger partial charge in [-0.05, 0) is 53.4 Å². The molecule has 0 fully saturated rings. The van der Waals surface area contributed by atoms with E-state index in [1.807, 2.05) is 41.3 Å². The normalized spacial score (nSPS) is 16.2. The number of benzene rings is 3. The number of hydrogen-bond acceptors (Lipinski definition) is 1. The Labute approximate surface area is 163 Å². The zero-order valence-corrected chi connectivity index (χ0v) is 15.5. The maximum Gasteiger partial charge on any atom is 0.254 e. The van der Waals surface area contributed by atoms with E-state index in [4.69, 9.17) is 23.2 Å². The average Bonchev–Trinajstić information content (AvgIpc) is 2.68. The molecule has 0 bridgehead atoms. The van der Waals surface area contributed by atoms with Gasteiger partial charge in [-0.3, -0.25) is 4.79 Å². The second kappa shape index (κ2) is 7.14. The number of amides is 1. The topological polar surface area (TPSA) is 20.3 Å². The summed E-state index contributed by atoms with van der Waals surface area (Å²) in [5.74, 6) is -0.0129. The number of rotatable bonds is 2. The zero-order valence-electron chi connectivity index (χ0n) is 14.0. The molecule has 4 rings (SSSR count). The quantitative estimate of drug-likeness (QED) is 0.550. The lowest BCUT2D eigenvalue weighted by atomic mass is 9.87. The highest BCUT2D eigenvalue weighted by molar-refractivity contribution is 6.31. The van der Waals surface area contributed by atoms with Gasteiger partial charge in [-0.25, -0.2) is 0 Å². The van der Waals surface area contributed by atoms with Crippen LogP contribution in [-0.4, -0.2) is 17.4 Å². The van der Waals surface area contributed by atoms with Crippen LogP contribution >= 0.6 is 23.2 Å². The molecule has 3 aromatic carbocycles. The molecular weight excluding hydrogens is 365 g/mol. The van der Waals surface area contributed by atoms with E-state index in [0.717, 1.165) is 17.5 Å². The van der Waals surface area contributed by atoms with Crippen molar-refractivity contribution >= 4 is 29.1 Å². The predicted molar refractivity (Wildman–Crippen MR) is 106 cm³/mol. The van der Waals surface area contributed by atoms with Gasteiger partial charge in [0.05, 0.1) is 6.04 Å². The van der Waals surface area contributed by atoms with E-state index in [9.17, 15) is 4.79 Å². The third kappa shape index (κ3) is 3.11. The molecule has 3 aromatic rings. The lowest BCUT2D eigenvalue weighted by Gasteiger charge is -2.38. The minimum absolute atomic E-state index is 0.0129. The van der Waals surface area contributed by atoms with Gasteiger partial charge in [0.1, 0.15) is 0 Å². The molecule has 1 heterocycles. The third-order valence-corrected chi connectivity index (χ3v) is 5.43. The number of hydrogen-bond donors (Lipinski definition) is 0. The van der Waals surface area contributed by atoms with E-state index in [1.165, 1.54) is 5.56 Å². The molecule has 0 aliphatic carbocycles. The minimum Gasteiger partial charge on any atom is -0.327 e. The molecule has 0 aromatic heterocycles. The van der Waals surface area contributed by atoms with Gasteiger partial charge < -0.3 is 4.90 Å². The summed E-state index contributed by atoms with van der Waals surface area (Å²) >= 11 is 12.5. The summed E-state index contributed by atoms with van der Waals surface area (Å²) in [7, 11) is 0. The van der Waals surface area contributed by atoms with Crippen LogP contribution in [-0.2, 0) is 6.42 Å². The summed E-state index contributed by atoms with van der Waals surface area (Å²) in [6.07, 6.45) is 0.830. The summed E-state index contributed by atoms with van der Waals surface area (Å²) < 4.78 is 0. The summed E-state index contributed by atoms with van der Waals surface area (Å²) in [4.78, 5) is 15.2. The number of carbonyl (C=O) groups is 1. The fourth-order valence-electron chi connectivity index (χ4n) is 3.58. The van der Waals surface area contributed by atoms with Crippen LogP contribution in [0.3, 0.4) is 0 Å². The Morgan fingerprint density at radius 2 is 1.50 bits per heavy atom. The van der Waals surface area contributed by atoms with Crippen LogP contribution in [0.15, 0.2) is 72.8 Å². The van der Waals surface area contributed by atoms with Crippen LogP contribution in [0.5, 0.6) is 0 Å². The van der Waals surface area contributed by atoms with Crippen molar-refractivity contribution < 1.29 is 4.79 Å². The molecule has 130 valence electrons. The molecule has 1 unspecified atom stereocenters. The van der Waals surface area contributed by atoms with Gasteiger partial charge in [0, 0.05) is 22.2 Å². The van der Waals surface area contributed by atoms with Crippen LogP contribution in [0.1, 0.15) is 33.1 Å². The molecule has 1 atom stereocenters. The number of carbonyl (C=O) groups excluding carboxylic acids is 1. The molecule has 0 saturated carbocycles. The maximum atomic E-state index is 13.3. The predicted octanol–water partition coefficient (Wildman–Crippen LogP) is 5.78. The lowest BCUT2D eigenvalue weighted by Crippen LogP contribution is -2.40. The molecule has 0 N–H and O–H groups in total. The Kier molecular flexibility index (Phi) is 4.71. The third-order valence-electron chi connectivity index (χ3n) is 4.84. The van der Waals surface area contributed by atoms with Gasteiger partial charge in [0.15, 0.2) is 0 Å². The summed E-state index contributed by atoms with van der Waals surface area (Å²) in [6, 6.07) is 22.9. The Hall–Kier alpha value is -2.29. The van der Waals surface area contributed by atoms with Gasteiger partial charge >= 0.3 is 0 Å². The first-order valence-corrected chi connectivity index (χ1v) is 9.29. The SMILES string of the molecule is O=C(c1ccc(Cl)cc1)N1CCc2ccccc2C1c1ccccc1Cl. The molecule has 1 amide bonds. The van der Waals surface area contributed by atoms with Crippen LogP contribution in [0.25, 0.3) is 0 Å². The molecule has 1 aliphatic heterocycles. The largest absolute Gasteiger partial charge is 0.327 e. The van der Waals surface area contributed by atoms with E-state index < -0.39 is 0 Å². The monoisotopic (exact) mass is 381 g/mol. The van der Waals surface area contributed by atoms with Crippen molar-refractivity contribution in [3.8, 4) is 0 Å². The second-order valence-corrected chi connectivity index (χ2v) is 7.22. The summed E-state index contributed by atoms with van der Waals surface area (Å²) in [5.41, 5.74) is 3.97. The van der Waals surface area contributed by atoms with Crippen molar-refractivity contribution in [3.05, 3.63) is 105 Å². The van der Waals surface area contributed by atoms with Crippen LogP contribution in [0, 0.1) is 0 Å². The first-order chi connectivity index (χ1) is 12.6. The Morgan fingerprint density at radius 3 is 2.23 bits per heavy atom. The van der Waals surface area contributed by atoms with E-state index >= 15 is 0 Å². The molecule has 2 nitrogen and oxygen atoms in total. The lowest BCUT2D eigenvalue weighted by molar-refractivity contribution is 0.0694.